The smallest absolute Gasteiger partial charge is 0.299 e. The third-order valence-electron chi connectivity index (χ3n) is 3.23. The highest BCUT2D eigenvalue weighted by atomic mass is 19.3. The van der Waals surface area contributed by atoms with Gasteiger partial charge in [0.2, 0.25) is 5.91 Å². The van der Waals surface area contributed by atoms with E-state index in [-0.39, 0.29) is 11.1 Å². The molecule has 3 nitrogen and oxygen atoms in total. The maximum atomic E-state index is 14.3. The van der Waals surface area contributed by atoms with Gasteiger partial charge in [0.25, 0.3) is 5.92 Å². The van der Waals surface area contributed by atoms with Gasteiger partial charge in [0, 0.05) is 17.3 Å². The lowest BCUT2D eigenvalue weighted by Gasteiger charge is -2.17. The summed E-state index contributed by atoms with van der Waals surface area (Å²) >= 11 is 0. The van der Waals surface area contributed by atoms with Crippen LogP contribution in [0, 0.1) is 5.82 Å². The van der Waals surface area contributed by atoms with Crippen molar-refractivity contribution in [2.45, 2.75) is 18.8 Å². The van der Waals surface area contributed by atoms with E-state index in [1.54, 1.807) is 6.92 Å². The zero-order chi connectivity index (χ0) is 15.6. The average Bonchev–Trinajstić information content (AvgIpc) is 2.47. The van der Waals surface area contributed by atoms with E-state index in [9.17, 15) is 18.0 Å². The number of benzene rings is 1. The van der Waals surface area contributed by atoms with Crippen molar-refractivity contribution >= 4 is 5.91 Å². The van der Waals surface area contributed by atoms with Crippen LogP contribution in [-0.2, 0) is 10.7 Å². The second-order valence-corrected chi connectivity index (χ2v) is 4.68. The van der Waals surface area contributed by atoms with Gasteiger partial charge in [-0.2, -0.15) is 8.78 Å². The average molecular weight is 294 g/mol. The molecule has 0 spiro atoms. The maximum Gasteiger partial charge on any atom is 0.299 e. The minimum absolute atomic E-state index is 0.321. The molecule has 0 aliphatic heterocycles. The molecule has 1 aromatic heterocycles. The number of nitrogens with zero attached hydrogens (tertiary/aromatic N) is 1. The van der Waals surface area contributed by atoms with E-state index in [2.05, 4.69) is 4.98 Å². The number of alkyl halides is 2. The summed E-state index contributed by atoms with van der Waals surface area (Å²) in [4.78, 5) is 14.9. The highest BCUT2D eigenvalue weighted by Crippen LogP contribution is 2.35. The number of primary amides is 1. The number of rotatable bonds is 4. The molecule has 1 amide bonds. The molecule has 0 bridgehead atoms. The van der Waals surface area contributed by atoms with E-state index in [1.165, 1.54) is 12.1 Å². The Morgan fingerprint density at radius 3 is 2.19 bits per heavy atom. The fraction of sp³-hybridized carbons (Fsp3) is 0.200. The maximum absolute atomic E-state index is 14.3. The second-order valence-electron chi connectivity index (χ2n) is 4.68. The van der Waals surface area contributed by atoms with Crippen LogP contribution in [0.4, 0.5) is 13.2 Å². The third-order valence-corrected chi connectivity index (χ3v) is 3.23. The van der Waals surface area contributed by atoms with Crippen molar-refractivity contribution in [3.05, 3.63) is 65.2 Å². The van der Waals surface area contributed by atoms with Crippen LogP contribution in [-0.4, -0.2) is 10.9 Å². The Hall–Kier alpha value is -2.37. The van der Waals surface area contributed by atoms with Crippen molar-refractivity contribution in [3.8, 4) is 0 Å². The summed E-state index contributed by atoms with van der Waals surface area (Å²) in [6, 6.07) is 6.51. The number of nitrogens with two attached hydrogens (primary N) is 1. The van der Waals surface area contributed by atoms with Crippen LogP contribution in [0.25, 0.3) is 0 Å². The molecule has 2 aromatic rings. The lowest BCUT2D eigenvalue weighted by molar-refractivity contribution is -0.119. The van der Waals surface area contributed by atoms with Crippen LogP contribution in [0.5, 0.6) is 0 Å². The van der Waals surface area contributed by atoms with Gasteiger partial charge in [0.1, 0.15) is 5.82 Å². The zero-order valence-electron chi connectivity index (χ0n) is 11.2. The largest absolute Gasteiger partial charge is 0.369 e. The van der Waals surface area contributed by atoms with Gasteiger partial charge in [0.05, 0.1) is 11.6 Å². The molecule has 1 atom stereocenters. The normalized spacial score (nSPS) is 13.0. The highest BCUT2D eigenvalue weighted by Gasteiger charge is 2.34. The van der Waals surface area contributed by atoms with Crippen LogP contribution in [0.1, 0.15) is 29.7 Å². The molecular weight excluding hydrogens is 281 g/mol. The monoisotopic (exact) mass is 294 g/mol. The molecule has 110 valence electrons. The molecule has 1 unspecified atom stereocenters. The summed E-state index contributed by atoms with van der Waals surface area (Å²) in [6.07, 6.45) is 0.998. The van der Waals surface area contributed by atoms with Crippen molar-refractivity contribution in [3.63, 3.8) is 0 Å². The quantitative estimate of drug-likeness (QED) is 0.942. The molecule has 0 saturated carbocycles. The molecule has 1 aromatic carbocycles. The number of pyridine rings is 1. The molecule has 0 aliphatic rings. The number of halogens is 3. The summed E-state index contributed by atoms with van der Waals surface area (Å²) in [5.74, 6) is -5.12. The zero-order valence-corrected chi connectivity index (χ0v) is 11.2. The molecule has 2 rings (SSSR count). The summed E-state index contributed by atoms with van der Waals surface area (Å²) in [7, 11) is 0. The number of carbonyl (C=O) groups excluding carboxylic acids is 1. The number of hydrogen-bond donors (Lipinski definition) is 1. The first-order chi connectivity index (χ1) is 9.82. The molecule has 2 N–H and O–H groups in total. The standard InChI is InChI=1S/C15H13F3N2O/c1-9(14(19)21)13-7-4-11(8-20-13)15(17,18)10-2-5-12(16)6-3-10/h2-9H,1H3,(H2,19,21). The van der Waals surface area contributed by atoms with Crippen LogP contribution in [0.2, 0.25) is 0 Å². The Bertz CT molecular complexity index is 639. The predicted octanol–water partition coefficient (Wildman–Crippen LogP) is 2.95. The Kier molecular flexibility index (Phi) is 3.97. The summed E-state index contributed by atoms with van der Waals surface area (Å²) in [6.45, 7) is 1.54. The molecule has 6 heteroatoms. The van der Waals surface area contributed by atoms with Gasteiger partial charge in [-0.1, -0.05) is 0 Å². The van der Waals surface area contributed by atoms with E-state index in [0.717, 1.165) is 30.5 Å². The van der Waals surface area contributed by atoms with E-state index in [1.807, 2.05) is 0 Å². The second kappa shape index (κ2) is 5.55. The topological polar surface area (TPSA) is 56.0 Å². The fourth-order valence-corrected chi connectivity index (χ4v) is 1.82. The Morgan fingerprint density at radius 1 is 1.14 bits per heavy atom. The fourth-order valence-electron chi connectivity index (χ4n) is 1.82. The van der Waals surface area contributed by atoms with E-state index >= 15 is 0 Å². The van der Waals surface area contributed by atoms with E-state index < -0.39 is 23.6 Å². The van der Waals surface area contributed by atoms with E-state index in [0.29, 0.717) is 5.69 Å². The minimum Gasteiger partial charge on any atom is -0.369 e. The van der Waals surface area contributed by atoms with Gasteiger partial charge in [-0.3, -0.25) is 9.78 Å². The van der Waals surface area contributed by atoms with Gasteiger partial charge >= 0.3 is 0 Å². The van der Waals surface area contributed by atoms with E-state index in [4.69, 9.17) is 5.73 Å². The van der Waals surface area contributed by atoms with Gasteiger partial charge in [-0.25, -0.2) is 4.39 Å². The number of carbonyl (C=O) groups is 1. The van der Waals surface area contributed by atoms with Crippen LogP contribution >= 0.6 is 0 Å². The van der Waals surface area contributed by atoms with Crippen molar-refractivity contribution in [2.24, 2.45) is 5.73 Å². The van der Waals surface area contributed by atoms with Crippen molar-refractivity contribution in [1.82, 2.24) is 4.98 Å². The van der Waals surface area contributed by atoms with Crippen molar-refractivity contribution in [1.29, 1.82) is 0 Å². The van der Waals surface area contributed by atoms with Gasteiger partial charge in [0.15, 0.2) is 0 Å². The Balaban J connectivity index is 2.32. The van der Waals surface area contributed by atoms with Crippen LogP contribution in [0.3, 0.4) is 0 Å². The molecule has 0 radical (unpaired) electrons. The van der Waals surface area contributed by atoms with Gasteiger partial charge in [-0.05, 0) is 43.3 Å². The molecular formula is C15H13F3N2O. The van der Waals surface area contributed by atoms with Gasteiger partial charge in [-0.15, -0.1) is 0 Å². The third kappa shape index (κ3) is 3.04. The Morgan fingerprint density at radius 2 is 1.71 bits per heavy atom. The molecule has 0 aliphatic carbocycles. The lowest BCUT2D eigenvalue weighted by Crippen LogP contribution is -2.20. The first-order valence-corrected chi connectivity index (χ1v) is 6.22. The number of aromatic nitrogens is 1. The summed E-state index contributed by atoms with van der Waals surface area (Å²) in [5.41, 5.74) is 4.78. The van der Waals surface area contributed by atoms with Gasteiger partial charge < -0.3 is 5.73 Å². The van der Waals surface area contributed by atoms with Crippen molar-refractivity contribution in [2.75, 3.05) is 0 Å². The van der Waals surface area contributed by atoms with Crippen molar-refractivity contribution < 1.29 is 18.0 Å². The first kappa shape index (κ1) is 15.0. The molecule has 1 heterocycles. The number of amides is 1. The molecule has 0 fully saturated rings. The molecule has 0 saturated heterocycles. The SMILES string of the molecule is CC(C(N)=O)c1ccc(C(F)(F)c2ccc(F)cc2)cn1. The highest BCUT2D eigenvalue weighted by molar-refractivity contribution is 5.80. The molecule has 21 heavy (non-hydrogen) atoms. The van der Waals surface area contributed by atoms with Crippen LogP contribution < -0.4 is 5.73 Å². The van der Waals surface area contributed by atoms with Crippen LogP contribution in [0.15, 0.2) is 42.6 Å². The first-order valence-electron chi connectivity index (χ1n) is 6.22. The predicted molar refractivity (Wildman–Crippen MR) is 71.2 cm³/mol. The Labute approximate surface area is 119 Å². The summed E-state index contributed by atoms with van der Waals surface area (Å²) in [5, 5.41) is 0. The minimum atomic E-state index is -3.30. The summed E-state index contributed by atoms with van der Waals surface area (Å²) < 4.78 is 41.3. The lowest BCUT2D eigenvalue weighted by atomic mass is 10.00. The number of hydrogen-bond acceptors (Lipinski definition) is 2.